The first-order valence-corrected chi connectivity index (χ1v) is 7.99. The fourth-order valence-corrected chi connectivity index (χ4v) is 2.83. The van der Waals surface area contributed by atoms with Gasteiger partial charge in [-0.1, -0.05) is 43.7 Å². The van der Waals surface area contributed by atoms with Crippen LogP contribution in [0.4, 0.5) is 0 Å². The lowest BCUT2D eigenvalue weighted by molar-refractivity contribution is 0.153. The zero-order chi connectivity index (χ0) is 14.2. The van der Waals surface area contributed by atoms with Crippen LogP contribution in [0, 0.1) is 0 Å². The smallest absolute Gasteiger partial charge is 0.0320 e. The normalized spacial score (nSPS) is 19.1. The lowest BCUT2D eigenvalue weighted by Crippen LogP contribution is -2.46. The Balaban J connectivity index is 1.75. The molecule has 0 aliphatic carbocycles. The molecule has 3 heteroatoms. The molecule has 0 radical (unpaired) electrons. The van der Waals surface area contributed by atoms with Gasteiger partial charge in [-0.15, -0.1) is 0 Å². The van der Waals surface area contributed by atoms with Crippen molar-refractivity contribution in [3.63, 3.8) is 0 Å². The molecule has 2 rings (SSSR count). The van der Waals surface area contributed by atoms with E-state index >= 15 is 0 Å². The Bertz CT molecular complexity index is 358. The predicted molar refractivity (Wildman–Crippen MR) is 86.0 cm³/mol. The third-order valence-corrected chi connectivity index (χ3v) is 4.19. The van der Waals surface area contributed by atoms with Crippen molar-refractivity contribution < 1.29 is 0 Å². The van der Waals surface area contributed by atoms with Crippen LogP contribution in [-0.2, 0) is 0 Å². The van der Waals surface area contributed by atoms with E-state index in [0.717, 1.165) is 6.54 Å². The molecule has 1 aromatic carbocycles. The molecule has 1 aliphatic rings. The molecule has 1 unspecified atom stereocenters. The van der Waals surface area contributed by atoms with E-state index in [9.17, 15) is 0 Å². The summed E-state index contributed by atoms with van der Waals surface area (Å²) in [4.78, 5) is 4.98. The highest BCUT2D eigenvalue weighted by atomic mass is 15.2. The number of rotatable bonds is 7. The molecule has 0 spiro atoms. The fraction of sp³-hybridized carbons (Fsp3) is 0.647. The molecule has 3 nitrogen and oxygen atoms in total. The Morgan fingerprint density at radius 1 is 1.10 bits per heavy atom. The van der Waals surface area contributed by atoms with Crippen LogP contribution in [0.1, 0.15) is 31.4 Å². The highest BCUT2D eigenvalue weighted by molar-refractivity contribution is 5.18. The summed E-state index contributed by atoms with van der Waals surface area (Å²) in [5, 5.41) is 3.74. The average molecular weight is 275 g/mol. The van der Waals surface area contributed by atoms with E-state index in [0.29, 0.717) is 6.04 Å². The molecule has 0 amide bonds. The van der Waals surface area contributed by atoms with Gasteiger partial charge in [-0.25, -0.2) is 0 Å². The van der Waals surface area contributed by atoms with Crippen molar-refractivity contribution >= 4 is 0 Å². The van der Waals surface area contributed by atoms with E-state index < -0.39 is 0 Å². The number of nitrogens with one attached hydrogen (secondary N) is 1. The van der Waals surface area contributed by atoms with Crippen LogP contribution >= 0.6 is 0 Å². The molecule has 0 bridgehead atoms. The van der Waals surface area contributed by atoms with Crippen molar-refractivity contribution in [3.8, 4) is 0 Å². The minimum absolute atomic E-state index is 0.508. The summed E-state index contributed by atoms with van der Waals surface area (Å²) in [6.45, 7) is 9.35. The Morgan fingerprint density at radius 2 is 1.80 bits per heavy atom. The first kappa shape index (κ1) is 15.5. The lowest BCUT2D eigenvalue weighted by Gasteiger charge is -2.32. The summed E-state index contributed by atoms with van der Waals surface area (Å²) in [7, 11) is 2.21. The standard InChI is InChI=1S/C17H29N3/c1-3-7-17(16-8-5-4-6-9-16)18-10-11-20-14-12-19(2)13-15-20/h4-6,8-9,17-18H,3,7,10-15H2,1-2H3. The zero-order valence-corrected chi connectivity index (χ0v) is 13.0. The van der Waals surface area contributed by atoms with Crippen molar-refractivity contribution in [2.75, 3.05) is 46.3 Å². The molecule has 20 heavy (non-hydrogen) atoms. The van der Waals surface area contributed by atoms with Crippen molar-refractivity contribution in [2.45, 2.75) is 25.8 Å². The van der Waals surface area contributed by atoms with Crippen LogP contribution in [0.25, 0.3) is 0 Å². The van der Waals surface area contributed by atoms with Crippen LogP contribution in [0.2, 0.25) is 0 Å². The van der Waals surface area contributed by atoms with Gasteiger partial charge in [0.15, 0.2) is 0 Å². The molecule has 1 N–H and O–H groups in total. The second kappa shape index (κ2) is 8.40. The fourth-order valence-electron chi connectivity index (χ4n) is 2.83. The third kappa shape index (κ3) is 4.89. The first-order valence-electron chi connectivity index (χ1n) is 7.99. The van der Waals surface area contributed by atoms with Gasteiger partial charge < -0.3 is 10.2 Å². The van der Waals surface area contributed by atoms with Crippen LogP contribution in [-0.4, -0.2) is 56.1 Å². The van der Waals surface area contributed by atoms with E-state index in [1.165, 1.54) is 51.1 Å². The summed E-state index contributed by atoms with van der Waals surface area (Å²) in [5.41, 5.74) is 1.42. The van der Waals surface area contributed by atoms with Crippen LogP contribution in [0.5, 0.6) is 0 Å². The summed E-state index contributed by atoms with van der Waals surface area (Å²) in [5.74, 6) is 0. The minimum atomic E-state index is 0.508. The lowest BCUT2D eigenvalue weighted by atomic mass is 10.0. The highest BCUT2D eigenvalue weighted by Crippen LogP contribution is 2.17. The van der Waals surface area contributed by atoms with E-state index in [-0.39, 0.29) is 0 Å². The number of likely N-dealkylation sites (N-methyl/N-ethyl adjacent to an activating group) is 1. The maximum atomic E-state index is 3.74. The molecule has 1 atom stereocenters. The van der Waals surface area contributed by atoms with Gasteiger partial charge in [0.25, 0.3) is 0 Å². The molecular weight excluding hydrogens is 246 g/mol. The van der Waals surface area contributed by atoms with Gasteiger partial charge in [0.05, 0.1) is 0 Å². The summed E-state index contributed by atoms with van der Waals surface area (Å²) < 4.78 is 0. The summed E-state index contributed by atoms with van der Waals surface area (Å²) in [6.07, 6.45) is 2.44. The second-order valence-electron chi connectivity index (χ2n) is 5.85. The van der Waals surface area contributed by atoms with Crippen molar-refractivity contribution in [1.82, 2.24) is 15.1 Å². The topological polar surface area (TPSA) is 18.5 Å². The van der Waals surface area contributed by atoms with Gasteiger partial charge >= 0.3 is 0 Å². The average Bonchev–Trinajstić information content (AvgIpc) is 2.49. The van der Waals surface area contributed by atoms with Gasteiger partial charge in [0.1, 0.15) is 0 Å². The van der Waals surface area contributed by atoms with Gasteiger partial charge in [-0.2, -0.15) is 0 Å². The SMILES string of the molecule is CCCC(NCCN1CCN(C)CC1)c1ccccc1. The second-order valence-corrected chi connectivity index (χ2v) is 5.85. The number of hydrogen-bond donors (Lipinski definition) is 1. The first-order chi connectivity index (χ1) is 9.79. The minimum Gasteiger partial charge on any atom is -0.309 e. The van der Waals surface area contributed by atoms with Gasteiger partial charge in [-0.05, 0) is 19.0 Å². The quantitative estimate of drug-likeness (QED) is 0.824. The van der Waals surface area contributed by atoms with Gasteiger partial charge in [-0.3, -0.25) is 4.90 Å². The highest BCUT2D eigenvalue weighted by Gasteiger charge is 2.14. The Morgan fingerprint density at radius 3 is 2.45 bits per heavy atom. The molecular formula is C17H29N3. The zero-order valence-electron chi connectivity index (χ0n) is 13.0. The Labute approximate surface area is 124 Å². The Kier molecular flexibility index (Phi) is 6.51. The Hall–Kier alpha value is -0.900. The molecule has 112 valence electrons. The summed E-state index contributed by atoms with van der Waals surface area (Å²) in [6, 6.07) is 11.4. The van der Waals surface area contributed by atoms with Crippen LogP contribution in [0.15, 0.2) is 30.3 Å². The number of piperazine rings is 1. The van der Waals surface area contributed by atoms with Crippen molar-refractivity contribution in [1.29, 1.82) is 0 Å². The number of hydrogen-bond acceptors (Lipinski definition) is 3. The molecule has 1 aromatic rings. The van der Waals surface area contributed by atoms with E-state index in [4.69, 9.17) is 0 Å². The number of benzene rings is 1. The van der Waals surface area contributed by atoms with E-state index in [1.54, 1.807) is 0 Å². The summed E-state index contributed by atoms with van der Waals surface area (Å²) >= 11 is 0. The van der Waals surface area contributed by atoms with Crippen molar-refractivity contribution in [2.24, 2.45) is 0 Å². The molecule has 0 aromatic heterocycles. The van der Waals surface area contributed by atoms with Gasteiger partial charge in [0.2, 0.25) is 0 Å². The molecule has 1 aliphatic heterocycles. The third-order valence-electron chi connectivity index (χ3n) is 4.19. The molecule has 1 fully saturated rings. The molecule has 0 saturated carbocycles. The molecule has 1 saturated heterocycles. The number of nitrogens with zero attached hydrogens (tertiary/aromatic N) is 2. The monoisotopic (exact) mass is 275 g/mol. The molecule has 1 heterocycles. The maximum Gasteiger partial charge on any atom is 0.0320 e. The maximum absolute atomic E-state index is 3.74. The van der Waals surface area contributed by atoms with Crippen molar-refractivity contribution in [3.05, 3.63) is 35.9 Å². The largest absolute Gasteiger partial charge is 0.309 e. The predicted octanol–water partition coefficient (Wildman–Crippen LogP) is 2.36. The van der Waals surface area contributed by atoms with Gasteiger partial charge in [0, 0.05) is 45.3 Å². The van der Waals surface area contributed by atoms with E-state index in [1.807, 2.05) is 0 Å². The van der Waals surface area contributed by atoms with E-state index in [2.05, 4.69) is 59.4 Å². The van der Waals surface area contributed by atoms with Crippen LogP contribution < -0.4 is 5.32 Å². The van der Waals surface area contributed by atoms with Crippen LogP contribution in [0.3, 0.4) is 0 Å².